The van der Waals surface area contributed by atoms with Crippen LogP contribution in [0.2, 0.25) is 0 Å². The van der Waals surface area contributed by atoms with Crippen molar-refractivity contribution < 1.29 is 0 Å². The fourth-order valence-electron chi connectivity index (χ4n) is 2.45. The number of nitrogens with one attached hydrogen (secondary N) is 1. The Balaban J connectivity index is 2.13. The summed E-state index contributed by atoms with van der Waals surface area (Å²) in [5, 5.41) is 2.84. The van der Waals surface area contributed by atoms with E-state index in [0.29, 0.717) is 5.56 Å². The first kappa shape index (κ1) is 14.7. The van der Waals surface area contributed by atoms with E-state index in [4.69, 9.17) is 0 Å². The van der Waals surface area contributed by atoms with E-state index < -0.39 is 0 Å². The van der Waals surface area contributed by atoms with Crippen molar-refractivity contribution >= 4 is 11.3 Å². The van der Waals surface area contributed by atoms with Gasteiger partial charge in [-0.15, -0.1) is 11.3 Å². The predicted molar refractivity (Wildman–Crippen MR) is 90.2 cm³/mol. The molecule has 0 aliphatic heterocycles. The Morgan fingerprint density at radius 3 is 2.64 bits per heavy atom. The van der Waals surface area contributed by atoms with Crippen LogP contribution in [0.15, 0.2) is 40.8 Å². The van der Waals surface area contributed by atoms with E-state index in [0.717, 1.165) is 27.5 Å². The molecule has 0 atom stereocenters. The minimum absolute atomic E-state index is 0.0738. The number of nitrogens with zero attached hydrogens (tertiary/aromatic N) is 2. The van der Waals surface area contributed by atoms with Crippen molar-refractivity contribution in [2.24, 2.45) is 0 Å². The minimum Gasteiger partial charge on any atom is -0.326 e. The quantitative estimate of drug-likeness (QED) is 0.795. The third kappa shape index (κ3) is 2.72. The van der Waals surface area contributed by atoms with E-state index in [1.807, 2.05) is 30.5 Å². The first-order valence-corrected chi connectivity index (χ1v) is 8.04. The van der Waals surface area contributed by atoms with Crippen LogP contribution in [-0.2, 0) is 0 Å². The van der Waals surface area contributed by atoms with Crippen molar-refractivity contribution in [3.8, 4) is 21.8 Å². The molecule has 22 heavy (non-hydrogen) atoms. The Hall–Kier alpha value is -2.27. The van der Waals surface area contributed by atoms with Gasteiger partial charge in [0.2, 0.25) is 0 Å². The summed E-state index contributed by atoms with van der Waals surface area (Å²) >= 11 is 1.54. The van der Waals surface area contributed by atoms with Gasteiger partial charge in [-0.05, 0) is 36.6 Å². The summed E-state index contributed by atoms with van der Waals surface area (Å²) in [5.74, 6) is 0.266. The van der Waals surface area contributed by atoms with Gasteiger partial charge in [0.1, 0.15) is 5.01 Å². The molecule has 5 heteroatoms. The topological polar surface area (TPSA) is 58.6 Å². The van der Waals surface area contributed by atoms with Crippen LogP contribution in [0.1, 0.15) is 31.0 Å². The zero-order valence-corrected chi connectivity index (χ0v) is 13.6. The number of aryl methyl sites for hydroxylation is 1. The number of hydrogen-bond acceptors (Lipinski definition) is 4. The van der Waals surface area contributed by atoms with Gasteiger partial charge in [-0.2, -0.15) is 0 Å². The highest BCUT2D eigenvalue weighted by Gasteiger charge is 2.16. The maximum absolute atomic E-state index is 12.4. The van der Waals surface area contributed by atoms with Gasteiger partial charge < -0.3 is 4.98 Å². The summed E-state index contributed by atoms with van der Waals surface area (Å²) in [4.78, 5) is 24.0. The molecule has 1 N–H and O–H groups in total. The molecule has 4 nitrogen and oxygen atoms in total. The Labute approximate surface area is 132 Å². The van der Waals surface area contributed by atoms with E-state index in [-0.39, 0.29) is 11.5 Å². The van der Waals surface area contributed by atoms with Crippen molar-refractivity contribution in [2.45, 2.75) is 26.7 Å². The summed E-state index contributed by atoms with van der Waals surface area (Å²) in [6.45, 7) is 6.09. The molecule has 0 aromatic carbocycles. The zero-order chi connectivity index (χ0) is 15.7. The van der Waals surface area contributed by atoms with E-state index in [1.54, 1.807) is 12.4 Å². The van der Waals surface area contributed by atoms with E-state index in [1.165, 1.54) is 11.3 Å². The molecule has 3 heterocycles. The van der Waals surface area contributed by atoms with Gasteiger partial charge in [-0.25, -0.2) is 4.98 Å². The molecule has 0 radical (unpaired) electrons. The standard InChI is InChI=1S/C17H17N3OS/c1-10(2)13-8-11(3)19-16(21)15(13)14-9-22-17(20-14)12-4-6-18-7-5-12/h4-10H,1-3H3,(H,19,21). The van der Waals surface area contributed by atoms with E-state index in [2.05, 4.69) is 28.8 Å². The lowest BCUT2D eigenvalue weighted by Crippen LogP contribution is -2.14. The maximum Gasteiger partial charge on any atom is 0.257 e. The van der Waals surface area contributed by atoms with Crippen LogP contribution >= 0.6 is 11.3 Å². The second-order valence-electron chi connectivity index (χ2n) is 5.54. The summed E-state index contributed by atoms with van der Waals surface area (Å²) in [5.41, 5.74) is 4.27. The van der Waals surface area contributed by atoms with Gasteiger partial charge in [-0.1, -0.05) is 13.8 Å². The van der Waals surface area contributed by atoms with Crippen LogP contribution in [0, 0.1) is 6.92 Å². The Bertz CT molecular complexity index is 850. The maximum atomic E-state index is 12.4. The fraction of sp³-hybridized carbons (Fsp3) is 0.235. The van der Waals surface area contributed by atoms with Crippen molar-refractivity contribution in [3.63, 3.8) is 0 Å². The number of pyridine rings is 2. The third-order valence-electron chi connectivity index (χ3n) is 3.51. The van der Waals surface area contributed by atoms with Crippen molar-refractivity contribution in [1.82, 2.24) is 15.0 Å². The average molecular weight is 311 g/mol. The smallest absolute Gasteiger partial charge is 0.257 e. The van der Waals surface area contributed by atoms with Crippen LogP contribution in [0.25, 0.3) is 21.8 Å². The molecule has 0 unspecified atom stereocenters. The monoisotopic (exact) mass is 311 g/mol. The molecule has 3 aromatic rings. The first-order valence-electron chi connectivity index (χ1n) is 7.16. The molecule has 0 aliphatic rings. The molecule has 3 aromatic heterocycles. The Kier molecular flexibility index (Phi) is 3.90. The second kappa shape index (κ2) is 5.85. The second-order valence-corrected chi connectivity index (χ2v) is 6.40. The van der Waals surface area contributed by atoms with Crippen molar-refractivity contribution in [3.05, 3.63) is 57.6 Å². The van der Waals surface area contributed by atoms with E-state index >= 15 is 0 Å². The van der Waals surface area contributed by atoms with Gasteiger partial charge in [0, 0.05) is 29.0 Å². The summed E-state index contributed by atoms with van der Waals surface area (Å²) in [6, 6.07) is 5.88. The average Bonchev–Trinajstić information content (AvgIpc) is 2.96. The number of thiazole rings is 1. The molecular formula is C17H17N3OS. The molecule has 3 rings (SSSR count). The lowest BCUT2D eigenvalue weighted by molar-refractivity contribution is 0.857. The highest BCUT2D eigenvalue weighted by atomic mass is 32.1. The lowest BCUT2D eigenvalue weighted by Gasteiger charge is -2.11. The number of aromatic amines is 1. The molecule has 0 amide bonds. The molecule has 0 spiro atoms. The van der Waals surface area contributed by atoms with Crippen LogP contribution in [0.4, 0.5) is 0 Å². The molecule has 112 valence electrons. The molecule has 0 bridgehead atoms. The van der Waals surface area contributed by atoms with Gasteiger partial charge in [0.15, 0.2) is 0 Å². The third-order valence-corrected chi connectivity index (χ3v) is 4.40. The molecule has 0 aliphatic carbocycles. The molecular weight excluding hydrogens is 294 g/mol. The molecule has 0 saturated heterocycles. The van der Waals surface area contributed by atoms with Gasteiger partial charge in [-0.3, -0.25) is 9.78 Å². The van der Waals surface area contributed by atoms with Gasteiger partial charge >= 0.3 is 0 Å². The highest BCUT2D eigenvalue weighted by molar-refractivity contribution is 7.13. The highest BCUT2D eigenvalue weighted by Crippen LogP contribution is 2.31. The molecule has 0 fully saturated rings. The van der Waals surface area contributed by atoms with Crippen LogP contribution in [0.5, 0.6) is 0 Å². The largest absolute Gasteiger partial charge is 0.326 e. The van der Waals surface area contributed by atoms with Crippen LogP contribution in [0.3, 0.4) is 0 Å². The summed E-state index contributed by atoms with van der Waals surface area (Å²) in [7, 11) is 0. The number of rotatable bonds is 3. The van der Waals surface area contributed by atoms with Crippen molar-refractivity contribution in [2.75, 3.05) is 0 Å². The van der Waals surface area contributed by atoms with Gasteiger partial charge in [0.25, 0.3) is 5.56 Å². The van der Waals surface area contributed by atoms with Crippen LogP contribution in [-0.4, -0.2) is 15.0 Å². The minimum atomic E-state index is -0.0738. The number of hydrogen-bond donors (Lipinski definition) is 1. The summed E-state index contributed by atoms with van der Waals surface area (Å²) < 4.78 is 0. The van der Waals surface area contributed by atoms with Gasteiger partial charge in [0.05, 0.1) is 11.3 Å². The number of H-pyrrole nitrogens is 1. The van der Waals surface area contributed by atoms with Crippen LogP contribution < -0.4 is 5.56 Å². The fourth-order valence-corrected chi connectivity index (χ4v) is 3.27. The van der Waals surface area contributed by atoms with Crippen molar-refractivity contribution in [1.29, 1.82) is 0 Å². The predicted octanol–water partition coefficient (Wildman–Crippen LogP) is 3.99. The number of aromatic nitrogens is 3. The normalized spacial score (nSPS) is 11.1. The SMILES string of the molecule is Cc1cc(C(C)C)c(-c2csc(-c3ccncc3)n2)c(=O)[nH]1. The lowest BCUT2D eigenvalue weighted by atomic mass is 9.96. The summed E-state index contributed by atoms with van der Waals surface area (Å²) in [6.07, 6.45) is 3.49. The Morgan fingerprint density at radius 1 is 1.23 bits per heavy atom. The first-order chi connectivity index (χ1) is 10.6. The Morgan fingerprint density at radius 2 is 1.95 bits per heavy atom. The zero-order valence-electron chi connectivity index (χ0n) is 12.8. The van der Waals surface area contributed by atoms with E-state index in [9.17, 15) is 4.79 Å². The molecule has 0 saturated carbocycles.